The van der Waals surface area contributed by atoms with Crippen molar-refractivity contribution in [2.45, 2.75) is 45.8 Å². The van der Waals surface area contributed by atoms with Crippen LogP contribution in [0.4, 0.5) is 0 Å². The normalized spacial score (nSPS) is 18.5. The first kappa shape index (κ1) is 22.1. The second kappa shape index (κ2) is 10.9. The maximum Gasteiger partial charge on any atom is 0.213 e. The molecule has 2 rings (SSSR count). The molecule has 8 nitrogen and oxygen atoms in total. The van der Waals surface area contributed by atoms with E-state index in [1.54, 1.807) is 11.3 Å². The Hall–Kier alpha value is -1.23. The number of nitrogens with zero attached hydrogens (tertiary/aromatic N) is 3. The van der Waals surface area contributed by atoms with Gasteiger partial charge >= 0.3 is 0 Å². The van der Waals surface area contributed by atoms with Crippen LogP contribution in [0.25, 0.3) is 0 Å². The summed E-state index contributed by atoms with van der Waals surface area (Å²) in [6.45, 7) is 6.55. The molecule has 2 heterocycles. The largest absolute Gasteiger partial charge is 0.377 e. The molecule has 1 aliphatic rings. The van der Waals surface area contributed by atoms with Crippen molar-refractivity contribution in [3.63, 3.8) is 0 Å². The Morgan fingerprint density at radius 3 is 2.93 bits per heavy atom. The van der Waals surface area contributed by atoms with E-state index in [0.29, 0.717) is 32.2 Å². The summed E-state index contributed by atoms with van der Waals surface area (Å²) >= 11 is 1.61. The van der Waals surface area contributed by atoms with E-state index >= 15 is 0 Å². The van der Waals surface area contributed by atoms with Crippen molar-refractivity contribution < 1.29 is 13.2 Å². The van der Waals surface area contributed by atoms with Crippen LogP contribution in [0.15, 0.2) is 10.4 Å². The number of thiazole rings is 1. The van der Waals surface area contributed by atoms with Crippen LogP contribution >= 0.6 is 11.3 Å². The number of aryl methyl sites for hydroxylation is 1. The van der Waals surface area contributed by atoms with Gasteiger partial charge in [0, 0.05) is 32.1 Å². The molecule has 1 aromatic heterocycles. The van der Waals surface area contributed by atoms with Crippen molar-refractivity contribution >= 4 is 27.3 Å². The Morgan fingerprint density at radius 1 is 1.48 bits per heavy atom. The van der Waals surface area contributed by atoms with Crippen LogP contribution < -0.4 is 10.0 Å². The van der Waals surface area contributed by atoms with E-state index in [-0.39, 0.29) is 18.4 Å². The quantitative estimate of drug-likeness (QED) is 0.465. The lowest BCUT2D eigenvalue weighted by atomic mass is 10.1. The smallest absolute Gasteiger partial charge is 0.213 e. The molecule has 27 heavy (non-hydrogen) atoms. The Labute approximate surface area is 166 Å². The fourth-order valence-corrected chi connectivity index (χ4v) is 4.32. The molecule has 0 spiro atoms. The van der Waals surface area contributed by atoms with E-state index in [0.717, 1.165) is 30.0 Å². The van der Waals surface area contributed by atoms with Gasteiger partial charge in [-0.15, -0.1) is 11.3 Å². The molecule has 0 radical (unpaired) electrons. The lowest BCUT2D eigenvalue weighted by Gasteiger charge is -2.23. The second-order valence-corrected chi connectivity index (χ2v) is 9.59. The molecule has 0 amide bonds. The SMILES string of the molecule is CCNC(=NCCS(=O)(=O)NCC1CCCCO1)N(C)Cc1csc(C)n1. The molecule has 1 saturated heterocycles. The van der Waals surface area contributed by atoms with Crippen LogP contribution in [0.1, 0.15) is 36.9 Å². The fourth-order valence-electron chi connectivity index (χ4n) is 2.80. The minimum absolute atomic E-state index is 0.0120. The van der Waals surface area contributed by atoms with E-state index in [9.17, 15) is 8.42 Å². The summed E-state index contributed by atoms with van der Waals surface area (Å²) in [7, 11) is -1.45. The molecule has 1 fully saturated rings. The van der Waals surface area contributed by atoms with Gasteiger partial charge in [0.25, 0.3) is 0 Å². The van der Waals surface area contributed by atoms with Gasteiger partial charge in [0.2, 0.25) is 10.0 Å². The Bertz CT molecular complexity index is 699. The number of sulfonamides is 1. The number of aromatic nitrogens is 1. The number of nitrogens with one attached hydrogen (secondary N) is 2. The average molecular weight is 418 g/mol. The van der Waals surface area contributed by atoms with Crippen LogP contribution in [0.5, 0.6) is 0 Å². The van der Waals surface area contributed by atoms with Crippen molar-refractivity contribution in [2.75, 3.05) is 39.0 Å². The van der Waals surface area contributed by atoms with Gasteiger partial charge < -0.3 is 15.0 Å². The van der Waals surface area contributed by atoms with E-state index in [4.69, 9.17) is 4.74 Å². The zero-order valence-corrected chi connectivity index (χ0v) is 18.0. The standard InChI is InChI=1S/C17H31N5O3S2/c1-4-18-17(22(3)12-15-13-26-14(2)21-15)19-8-10-27(23,24)20-11-16-7-5-6-9-25-16/h13,16,20H,4-12H2,1-3H3,(H,18,19). The molecule has 1 aromatic rings. The highest BCUT2D eigenvalue weighted by Gasteiger charge is 2.17. The van der Waals surface area contributed by atoms with Crippen LogP contribution in [0.3, 0.4) is 0 Å². The Morgan fingerprint density at radius 2 is 2.30 bits per heavy atom. The van der Waals surface area contributed by atoms with Crippen LogP contribution in [0, 0.1) is 6.92 Å². The van der Waals surface area contributed by atoms with Gasteiger partial charge in [-0.05, 0) is 33.1 Å². The summed E-state index contributed by atoms with van der Waals surface area (Å²) in [4.78, 5) is 10.9. The van der Waals surface area contributed by atoms with Crippen LogP contribution in [-0.2, 0) is 21.3 Å². The molecule has 2 N–H and O–H groups in total. The molecular formula is C17H31N5O3S2. The summed E-state index contributed by atoms with van der Waals surface area (Å²) in [5.41, 5.74) is 0.979. The van der Waals surface area contributed by atoms with Gasteiger partial charge in [-0.25, -0.2) is 18.1 Å². The number of hydrogen-bond donors (Lipinski definition) is 2. The summed E-state index contributed by atoms with van der Waals surface area (Å²) in [6.07, 6.45) is 3.04. The van der Waals surface area contributed by atoms with Crippen molar-refractivity contribution in [2.24, 2.45) is 4.99 Å². The molecule has 0 bridgehead atoms. The summed E-state index contributed by atoms with van der Waals surface area (Å²) in [6, 6.07) is 0. The van der Waals surface area contributed by atoms with E-state index < -0.39 is 10.0 Å². The van der Waals surface area contributed by atoms with E-state index in [2.05, 4.69) is 20.0 Å². The number of aliphatic imine (C=N–C) groups is 1. The monoisotopic (exact) mass is 417 g/mol. The number of rotatable bonds is 9. The number of guanidine groups is 1. The van der Waals surface area contributed by atoms with Gasteiger partial charge in [-0.1, -0.05) is 0 Å². The maximum absolute atomic E-state index is 12.2. The molecule has 154 valence electrons. The predicted molar refractivity (Wildman–Crippen MR) is 110 cm³/mol. The number of ether oxygens (including phenoxy) is 1. The molecular weight excluding hydrogens is 386 g/mol. The highest BCUT2D eigenvalue weighted by molar-refractivity contribution is 7.89. The molecule has 0 aliphatic carbocycles. The lowest BCUT2D eigenvalue weighted by molar-refractivity contribution is 0.0200. The molecule has 10 heteroatoms. The van der Waals surface area contributed by atoms with E-state index in [1.165, 1.54) is 0 Å². The van der Waals surface area contributed by atoms with Gasteiger partial charge in [-0.2, -0.15) is 0 Å². The minimum Gasteiger partial charge on any atom is -0.377 e. The highest BCUT2D eigenvalue weighted by Crippen LogP contribution is 2.12. The first-order chi connectivity index (χ1) is 12.9. The third-order valence-corrected chi connectivity index (χ3v) is 6.34. The topological polar surface area (TPSA) is 95.9 Å². The van der Waals surface area contributed by atoms with Gasteiger partial charge in [-0.3, -0.25) is 4.99 Å². The van der Waals surface area contributed by atoms with Gasteiger partial charge in [0.15, 0.2) is 5.96 Å². The lowest BCUT2D eigenvalue weighted by Crippen LogP contribution is -2.39. The average Bonchev–Trinajstić information content (AvgIpc) is 3.05. The summed E-state index contributed by atoms with van der Waals surface area (Å²) < 4.78 is 32.6. The Balaban J connectivity index is 1.83. The highest BCUT2D eigenvalue weighted by atomic mass is 32.2. The molecule has 1 atom stereocenters. The summed E-state index contributed by atoms with van der Waals surface area (Å²) in [5, 5.41) is 6.25. The molecule has 1 aliphatic heterocycles. The zero-order valence-electron chi connectivity index (χ0n) is 16.4. The van der Waals surface area contributed by atoms with Crippen molar-refractivity contribution in [3.8, 4) is 0 Å². The minimum atomic E-state index is -3.37. The predicted octanol–water partition coefficient (Wildman–Crippen LogP) is 1.34. The zero-order chi connectivity index (χ0) is 19.7. The van der Waals surface area contributed by atoms with Crippen LogP contribution in [-0.4, -0.2) is 69.4 Å². The number of hydrogen-bond acceptors (Lipinski definition) is 6. The molecule has 0 aromatic carbocycles. The second-order valence-electron chi connectivity index (χ2n) is 6.61. The van der Waals surface area contributed by atoms with Gasteiger partial charge in [0.05, 0.1) is 35.6 Å². The molecule has 0 saturated carbocycles. The third kappa shape index (κ3) is 8.12. The molecule has 1 unspecified atom stereocenters. The fraction of sp³-hybridized carbons (Fsp3) is 0.765. The van der Waals surface area contributed by atoms with Crippen molar-refractivity contribution in [3.05, 3.63) is 16.1 Å². The first-order valence-corrected chi connectivity index (χ1v) is 11.9. The van der Waals surface area contributed by atoms with Crippen molar-refractivity contribution in [1.82, 2.24) is 19.9 Å². The third-order valence-electron chi connectivity index (χ3n) is 4.19. The van der Waals surface area contributed by atoms with E-state index in [1.807, 2.05) is 31.2 Å². The summed E-state index contributed by atoms with van der Waals surface area (Å²) in [5.74, 6) is 0.632. The van der Waals surface area contributed by atoms with Crippen molar-refractivity contribution in [1.29, 1.82) is 0 Å². The Kier molecular flexibility index (Phi) is 8.94. The van der Waals surface area contributed by atoms with Gasteiger partial charge in [0.1, 0.15) is 0 Å². The maximum atomic E-state index is 12.2. The van der Waals surface area contributed by atoms with Crippen LogP contribution in [0.2, 0.25) is 0 Å². The first-order valence-electron chi connectivity index (χ1n) is 9.39.